The molecule has 7 heteroatoms. The lowest BCUT2D eigenvalue weighted by atomic mass is 10.1. The van der Waals surface area contributed by atoms with Crippen LogP contribution in [0.3, 0.4) is 0 Å². The SMILES string of the molecule is COC(=O)c1cc(S(=O)(=O)N(CCc2ccc(OCc3ccccc3)cc2)Cc2ccccc2)ccc1C. The fourth-order valence-corrected chi connectivity index (χ4v) is 5.51. The van der Waals surface area contributed by atoms with Crippen molar-refractivity contribution in [3.05, 3.63) is 131 Å². The Morgan fingerprint density at radius 1 is 0.789 bits per heavy atom. The Labute approximate surface area is 224 Å². The maximum absolute atomic E-state index is 13.8. The molecule has 0 aliphatic heterocycles. The quantitative estimate of drug-likeness (QED) is 0.230. The summed E-state index contributed by atoms with van der Waals surface area (Å²) >= 11 is 0. The van der Waals surface area contributed by atoms with Gasteiger partial charge in [-0.1, -0.05) is 78.9 Å². The van der Waals surface area contributed by atoms with Crippen LogP contribution in [0.1, 0.15) is 32.6 Å². The Bertz CT molecular complexity index is 1450. The van der Waals surface area contributed by atoms with Gasteiger partial charge in [-0.05, 0) is 59.9 Å². The van der Waals surface area contributed by atoms with Gasteiger partial charge in [0.05, 0.1) is 17.6 Å². The molecule has 0 saturated carbocycles. The Morgan fingerprint density at radius 3 is 2.05 bits per heavy atom. The summed E-state index contributed by atoms with van der Waals surface area (Å²) in [5.41, 5.74) is 3.84. The van der Waals surface area contributed by atoms with Crippen LogP contribution in [0.2, 0.25) is 0 Å². The predicted octanol–water partition coefficient (Wildman–Crippen LogP) is 5.79. The van der Waals surface area contributed by atoms with E-state index in [4.69, 9.17) is 9.47 Å². The average molecular weight is 530 g/mol. The van der Waals surface area contributed by atoms with Crippen molar-refractivity contribution in [3.8, 4) is 5.75 Å². The molecule has 4 aromatic carbocycles. The molecule has 0 aliphatic rings. The van der Waals surface area contributed by atoms with Crippen LogP contribution >= 0.6 is 0 Å². The van der Waals surface area contributed by atoms with E-state index in [1.54, 1.807) is 13.0 Å². The number of methoxy groups -OCH3 is 1. The van der Waals surface area contributed by atoms with Gasteiger partial charge < -0.3 is 9.47 Å². The summed E-state index contributed by atoms with van der Waals surface area (Å²) in [5, 5.41) is 0. The number of sulfonamides is 1. The van der Waals surface area contributed by atoms with E-state index in [2.05, 4.69) is 0 Å². The van der Waals surface area contributed by atoms with Crippen molar-refractivity contribution >= 4 is 16.0 Å². The molecule has 0 spiro atoms. The first-order chi connectivity index (χ1) is 18.4. The van der Waals surface area contributed by atoms with Gasteiger partial charge in [-0.15, -0.1) is 0 Å². The van der Waals surface area contributed by atoms with Crippen LogP contribution in [0.15, 0.2) is 108 Å². The summed E-state index contributed by atoms with van der Waals surface area (Å²) in [4.78, 5) is 12.3. The number of nitrogens with zero attached hydrogens (tertiary/aromatic N) is 1. The first-order valence-corrected chi connectivity index (χ1v) is 13.8. The minimum absolute atomic E-state index is 0.0593. The third-order valence-electron chi connectivity index (χ3n) is 6.28. The number of rotatable bonds is 11. The number of carbonyl (C=O) groups is 1. The monoisotopic (exact) mass is 529 g/mol. The van der Waals surface area contributed by atoms with Gasteiger partial charge in [0, 0.05) is 13.1 Å². The molecular formula is C31H31NO5S. The average Bonchev–Trinajstić information content (AvgIpc) is 2.95. The van der Waals surface area contributed by atoms with Crippen molar-refractivity contribution in [2.45, 2.75) is 31.4 Å². The van der Waals surface area contributed by atoms with Crippen molar-refractivity contribution in [1.82, 2.24) is 4.31 Å². The standard InChI is InChI=1S/C31H31NO5S/c1-24-13-18-29(21-30(24)31(33)36-2)38(34,35)32(22-26-9-5-3-6-10-26)20-19-25-14-16-28(17-15-25)37-23-27-11-7-4-8-12-27/h3-18,21H,19-20,22-23H2,1-2H3. The van der Waals surface area contributed by atoms with Gasteiger partial charge in [0.1, 0.15) is 12.4 Å². The van der Waals surface area contributed by atoms with Crippen molar-refractivity contribution in [1.29, 1.82) is 0 Å². The van der Waals surface area contributed by atoms with E-state index >= 15 is 0 Å². The third kappa shape index (κ3) is 6.88. The third-order valence-corrected chi connectivity index (χ3v) is 8.12. The number of esters is 1. The van der Waals surface area contributed by atoms with Crippen LogP contribution in [0.4, 0.5) is 0 Å². The summed E-state index contributed by atoms with van der Waals surface area (Å²) in [5.74, 6) is 0.185. The zero-order valence-electron chi connectivity index (χ0n) is 21.5. The summed E-state index contributed by atoms with van der Waals surface area (Å²) < 4.78 is 39.7. The highest BCUT2D eigenvalue weighted by Gasteiger charge is 2.26. The summed E-state index contributed by atoms with van der Waals surface area (Å²) in [6.07, 6.45) is 0.515. The van der Waals surface area contributed by atoms with Gasteiger partial charge in [0.15, 0.2) is 0 Å². The van der Waals surface area contributed by atoms with Crippen LogP contribution in [-0.4, -0.2) is 32.3 Å². The highest BCUT2D eigenvalue weighted by Crippen LogP contribution is 2.23. The molecule has 0 aromatic heterocycles. The lowest BCUT2D eigenvalue weighted by Crippen LogP contribution is -2.32. The van der Waals surface area contributed by atoms with Gasteiger partial charge in [-0.3, -0.25) is 0 Å². The van der Waals surface area contributed by atoms with Crippen LogP contribution < -0.4 is 4.74 Å². The molecule has 0 aliphatic carbocycles. The van der Waals surface area contributed by atoms with Crippen LogP contribution in [-0.2, 0) is 34.3 Å². The topological polar surface area (TPSA) is 72.9 Å². The summed E-state index contributed by atoms with van der Waals surface area (Å²) in [7, 11) is -2.62. The molecule has 0 atom stereocenters. The highest BCUT2D eigenvalue weighted by molar-refractivity contribution is 7.89. The van der Waals surface area contributed by atoms with Crippen LogP contribution in [0.5, 0.6) is 5.75 Å². The number of aryl methyl sites for hydroxylation is 1. The van der Waals surface area contributed by atoms with Gasteiger partial charge in [0.2, 0.25) is 10.0 Å². The van der Waals surface area contributed by atoms with Gasteiger partial charge in [0.25, 0.3) is 0 Å². The summed E-state index contributed by atoms with van der Waals surface area (Å²) in [6, 6.07) is 31.7. The molecule has 0 amide bonds. The number of carbonyl (C=O) groups excluding carboxylic acids is 1. The molecule has 196 valence electrons. The molecule has 0 fully saturated rings. The minimum atomic E-state index is -3.90. The normalized spacial score (nSPS) is 11.3. The van der Waals surface area contributed by atoms with E-state index in [9.17, 15) is 13.2 Å². The fraction of sp³-hybridized carbons (Fsp3) is 0.194. The lowest BCUT2D eigenvalue weighted by Gasteiger charge is -2.23. The molecule has 0 bridgehead atoms. The second-order valence-corrected chi connectivity index (χ2v) is 10.9. The van der Waals surface area contributed by atoms with Gasteiger partial charge >= 0.3 is 5.97 Å². The number of hydrogen-bond acceptors (Lipinski definition) is 5. The molecule has 4 rings (SSSR count). The molecule has 0 N–H and O–H groups in total. The second-order valence-electron chi connectivity index (χ2n) is 8.96. The molecule has 38 heavy (non-hydrogen) atoms. The van der Waals surface area contributed by atoms with E-state index in [1.165, 1.54) is 23.5 Å². The Hall–Kier alpha value is -3.94. The van der Waals surface area contributed by atoms with Crippen LogP contribution in [0.25, 0.3) is 0 Å². The van der Waals surface area contributed by atoms with Gasteiger partial charge in [-0.25, -0.2) is 13.2 Å². The van der Waals surface area contributed by atoms with E-state index in [0.717, 1.165) is 22.4 Å². The molecule has 0 radical (unpaired) electrons. The first kappa shape index (κ1) is 27.1. The van der Waals surface area contributed by atoms with Crippen molar-refractivity contribution in [2.24, 2.45) is 0 Å². The number of ether oxygens (including phenoxy) is 2. The fourth-order valence-electron chi connectivity index (χ4n) is 4.06. The van der Waals surface area contributed by atoms with Crippen molar-refractivity contribution in [3.63, 3.8) is 0 Å². The Morgan fingerprint density at radius 2 is 1.42 bits per heavy atom. The minimum Gasteiger partial charge on any atom is -0.489 e. The predicted molar refractivity (Wildman–Crippen MR) is 147 cm³/mol. The molecule has 6 nitrogen and oxygen atoms in total. The maximum Gasteiger partial charge on any atom is 0.338 e. The van der Waals surface area contributed by atoms with E-state index in [0.29, 0.717) is 18.6 Å². The molecule has 0 saturated heterocycles. The van der Waals surface area contributed by atoms with Crippen LogP contribution in [0, 0.1) is 6.92 Å². The second kappa shape index (κ2) is 12.5. The first-order valence-electron chi connectivity index (χ1n) is 12.4. The number of hydrogen-bond donors (Lipinski definition) is 0. The zero-order chi connectivity index (χ0) is 27.0. The Balaban J connectivity index is 1.51. The summed E-state index contributed by atoms with van der Waals surface area (Å²) in [6.45, 7) is 2.71. The zero-order valence-corrected chi connectivity index (χ0v) is 22.4. The van der Waals surface area contributed by atoms with Gasteiger partial charge in [-0.2, -0.15) is 4.31 Å². The number of benzene rings is 4. The smallest absolute Gasteiger partial charge is 0.338 e. The molecule has 0 heterocycles. The largest absolute Gasteiger partial charge is 0.489 e. The highest BCUT2D eigenvalue weighted by atomic mass is 32.2. The van der Waals surface area contributed by atoms with Crippen molar-refractivity contribution in [2.75, 3.05) is 13.7 Å². The lowest BCUT2D eigenvalue weighted by molar-refractivity contribution is 0.0599. The van der Waals surface area contributed by atoms with E-state index in [-0.39, 0.29) is 23.5 Å². The van der Waals surface area contributed by atoms with Crippen molar-refractivity contribution < 1.29 is 22.7 Å². The Kier molecular flexibility index (Phi) is 8.94. The van der Waals surface area contributed by atoms with E-state index < -0.39 is 16.0 Å². The molecular weight excluding hydrogens is 498 g/mol. The molecule has 0 unspecified atom stereocenters. The molecule has 4 aromatic rings. The van der Waals surface area contributed by atoms with E-state index in [1.807, 2.05) is 84.9 Å². The maximum atomic E-state index is 13.8.